The van der Waals surface area contributed by atoms with E-state index in [-0.39, 0.29) is 29.9 Å². The highest BCUT2D eigenvalue weighted by Gasteiger charge is 2.32. The normalized spacial score (nSPS) is 25.0. The first-order valence-electron chi connectivity index (χ1n) is 7.90. The quantitative estimate of drug-likeness (QED) is 0.869. The smallest absolute Gasteiger partial charge is 0.217 e. The summed E-state index contributed by atoms with van der Waals surface area (Å²) in [7, 11) is 0. The minimum Gasteiger partial charge on any atom is -0.370 e. The van der Waals surface area contributed by atoms with Gasteiger partial charge in [0.05, 0.1) is 12.2 Å². The highest BCUT2D eigenvalue weighted by Crippen LogP contribution is 2.34. The van der Waals surface area contributed by atoms with Crippen molar-refractivity contribution in [3.05, 3.63) is 35.4 Å². The molecule has 1 aliphatic heterocycles. The fraction of sp³-hybridized carbons (Fsp3) is 0.556. The maximum atomic E-state index is 11.6. The second kappa shape index (κ2) is 7.05. The fourth-order valence-corrected chi connectivity index (χ4v) is 2.96. The van der Waals surface area contributed by atoms with Gasteiger partial charge >= 0.3 is 0 Å². The zero-order valence-corrected chi connectivity index (χ0v) is 13.8. The Morgan fingerprint density at radius 1 is 1.23 bits per heavy atom. The SMILES string of the molecule is CC(=O)N[C@H]1C[C@@H](C(C)C)O[C@@H](c2cccc(C(C)=O)c2)C1. The molecule has 0 aliphatic carbocycles. The van der Waals surface area contributed by atoms with Crippen LogP contribution in [0.15, 0.2) is 24.3 Å². The number of carbonyl (C=O) groups excluding carboxylic acids is 2. The van der Waals surface area contributed by atoms with Gasteiger partial charge in [0.2, 0.25) is 5.91 Å². The summed E-state index contributed by atoms with van der Waals surface area (Å²) in [5, 5.41) is 3.02. The van der Waals surface area contributed by atoms with Crippen LogP contribution in [0, 0.1) is 5.92 Å². The van der Waals surface area contributed by atoms with Crippen LogP contribution < -0.4 is 5.32 Å². The van der Waals surface area contributed by atoms with Crippen molar-refractivity contribution in [3.63, 3.8) is 0 Å². The van der Waals surface area contributed by atoms with Gasteiger partial charge in [0.15, 0.2) is 5.78 Å². The molecule has 0 radical (unpaired) electrons. The molecule has 1 heterocycles. The lowest BCUT2D eigenvalue weighted by Crippen LogP contribution is -2.43. The number of hydrogen-bond acceptors (Lipinski definition) is 3. The molecule has 22 heavy (non-hydrogen) atoms. The number of Topliss-reactive ketones (excluding diaryl/α,β-unsaturated/α-hetero) is 1. The summed E-state index contributed by atoms with van der Waals surface area (Å²) in [5.41, 5.74) is 1.71. The minimum atomic E-state index is -0.0858. The molecule has 120 valence electrons. The average Bonchev–Trinajstić information content (AvgIpc) is 2.46. The standard InChI is InChI=1S/C18H25NO3/c1-11(2)17-9-16(19-13(4)21)10-18(22-17)15-7-5-6-14(8-15)12(3)20/h5-8,11,16-18H,9-10H2,1-4H3,(H,19,21)/t16-,17-,18+/m0/s1. The summed E-state index contributed by atoms with van der Waals surface area (Å²) in [6.07, 6.45) is 1.60. The molecule has 1 N–H and O–H groups in total. The van der Waals surface area contributed by atoms with Crippen LogP contribution in [0.1, 0.15) is 62.6 Å². The zero-order valence-electron chi connectivity index (χ0n) is 13.8. The van der Waals surface area contributed by atoms with Gasteiger partial charge in [-0.2, -0.15) is 0 Å². The predicted molar refractivity (Wildman–Crippen MR) is 85.7 cm³/mol. The highest BCUT2D eigenvalue weighted by atomic mass is 16.5. The molecule has 0 saturated carbocycles. The van der Waals surface area contributed by atoms with Crippen molar-refractivity contribution in [2.45, 2.75) is 58.8 Å². The first kappa shape index (κ1) is 16.7. The van der Waals surface area contributed by atoms with Crippen molar-refractivity contribution >= 4 is 11.7 Å². The Morgan fingerprint density at radius 3 is 2.55 bits per heavy atom. The van der Waals surface area contributed by atoms with E-state index in [1.165, 1.54) is 0 Å². The molecule has 1 fully saturated rings. The Morgan fingerprint density at radius 2 is 1.95 bits per heavy atom. The number of amides is 1. The highest BCUT2D eigenvalue weighted by molar-refractivity contribution is 5.94. The van der Waals surface area contributed by atoms with Crippen LogP contribution in [0.2, 0.25) is 0 Å². The van der Waals surface area contributed by atoms with Gasteiger partial charge in [-0.05, 0) is 37.3 Å². The third-order valence-corrected chi connectivity index (χ3v) is 4.17. The Kier molecular flexibility index (Phi) is 5.35. The Bertz CT molecular complexity index is 553. The molecule has 1 amide bonds. The second-order valence-electron chi connectivity index (χ2n) is 6.46. The third kappa shape index (κ3) is 4.17. The molecule has 0 aromatic heterocycles. The van der Waals surface area contributed by atoms with Crippen LogP contribution >= 0.6 is 0 Å². The summed E-state index contributed by atoms with van der Waals surface area (Å²) in [6.45, 7) is 7.37. The van der Waals surface area contributed by atoms with E-state index in [1.54, 1.807) is 13.8 Å². The van der Waals surface area contributed by atoms with Crippen molar-refractivity contribution in [3.8, 4) is 0 Å². The largest absolute Gasteiger partial charge is 0.370 e. The van der Waals surface area contributed by atoms with E-state index in [0.29, 0.717) is 11.5 Å². The molecule has 0 spiro atoms. The summed E-state index contributed by atoms with van der Waals surface area (Å²) in [5.74, 6) is 0.428. The number of rotatable bonds is 4. The molecule has 3 atom stereocenters. The molecule has 2 rings (SSSR count). The van der Waals surface area contributed by atoms with Crippen LogP contribution in [0.25, 0.3) is 0 Å². The van der Waals surface area contributed by atoms with Gasteiger partial charge < -0.3 is 10.1 Å². The Hall–Kier alpha value is -1.68. The molecule has 1 aromatic rings. The predicted octanol–water partition coefficient (Wildman–Crippen LogP) is 3.27. The van der Waals surface area contributed by atoms with E-state index >= 15 is 0 Å². The van der Waals surface area contributed by atoms with E-state index < -0.39 is 0 Å². The van der Waals surface area contributed by atoms with E-state index in [4.69, 9.17) is 4.74 Å². The minimum absolute atomic E-state index is 0.00866. The molecular weight excluding hydrogens is 278 g/mol. The Labute approximate surface area is 132 Å². The number of ether oxygens (including phenoxy) is 1. The molecule has 1 aromatic carbocycles. The monoisotopic (exact) mass is 303 g/mol. The van der Waals surface area contributed by atoms with Crippen LogP contribution in [0.3, 0.4) is 0 Å². The van der Waals surface area contributed by atoms with Gasteiger partial charge in [-0.1, -0.05) is 32.0 Å². The first-order chi connectivity index (χ1) is 10.4. The fourth-order valence-electron chi connectivity index (χ4n) is 2.96. The van der Waals surface area contributed by atoms with Gasteiger partial charge in [-0.25, -0.2) is 0 Å². The van der Waals surface area contributed by atoms with Gasteiger partial charge in [-0.15, -0.1) is 0 Å². The Balaban J connectivity index is 2.22. The van der Waals surface area contributed by atoms with Crippen molar-refractivity contribution < 1.29 is 14.3 Å². The zero-order chi connectivity index (χ0) is 16.3. The van der Waals surface area contributed by atoms with Crippen LogP contribution in [-0.4, -0.2) is 23.8 Å². The van der Waals surface area contributed by atoms with E-state index in [9.17, 15) is 9.59 Å². The molecule has 4 heteroatoms. The van der Waals surface area contributed by atoms with Crippen molar-refractivity contribution in [1.29, 1.82) is 0 Å². The number of hydrogen-bond donors (Lipinski definition) is 1. The van der Waals surface area contributed by atoms with Crippen LogP contribution in [0.5, 0.6) is 0 Å². The number of benzene rings is 1. The van der Waals surface area contributed by atoms with E-state index in [2.05, 4.69) is 19.2 Å². The van der Waals surface area contributed by atoms with Crippen molar-refractivity contribution in [2.24, 2.45) is 5.92 Å². The molecule has 4 nitrogen and oxygen atoms in total. The lowest BCUT2D eigenvalue weighted by atomic mass is 9.89. The first-order valence-corrected chi connectivity index (χ1v) is 7.90. The van der Waals surface area contributed by atoms with Gasteiger partial charge in [-0.3, -0.25) is 9.59 Å². The topological polar surface area (TPSA) is 55.4 Å². The molecular formula is C18H25NO3. The number of nitrogens with one attached hydrogen (secondary N) is 1. The second-order valence-corrected chi connectivity index (χ2v) is 6.46. The van der Waals surface area contributed by atoms with E-state index in [0.717, 1.165) is 18.4 Å². The summed E-state index contributed by atoms with van der Waals surface area (Å²) in [6, 6.07) is 7.72. The van der Waals surface area contributed by atoms with Gasteiger partial charge in [0.1, 0.15) is 0 Å². The summed E-state index contributed by atoms with van der Waals surface area (Å²) < 4.78 is 6.22. The van der Waals surface area contributed by atoms with Gasteiger partial charge in [0.25, 0.3) is 0 Å². The van der Waals surface area contributed by atoms with Crippen molar-refractivity contribution in [1.82, 2.24) is 5.32 Å². The lowest BCUT2D eigenvalue weighted by molar-refractivity contribution is -0.123. The average molecular weight is 303 g/mol. The maximum Gasteiger partial charge on any atom is 0.217 e. The lowest BCUT2D eigenvalue weighted by Gasteiger charge is -2.38. The molecule has 0 unspecified atom stereocenters. The van der Waals surface area contributed by atoms with Gasteiger partial charge in [0, 0.05) is 18.5 Å². The number of carbonyl (C=O) groups is 2. The number of ketones is 1. The van der Waals surface area contributed by atoms with Crippen molar-refractivity contribution in [2.75, 3.05) is 0 Å². The maximum absolute atomic E-state index is 11.6. The molecule has 0 bridgehead atoms. The molecule has 1 saturated heterocycles. The third-order valence-electron chi connectivity index (χ3n) is 4.17. The van der Waals surface area contributed by atoms with E-state index in [1.807, 2.05) is 24.3 Å². The van der Waals surface area contributed by atoms with Crippen LogP contribution in [0.4, 0.5) is 0 Å². The summed E-state index contributed by atoms with van der Waals surface area (Å²) >= 11 is 0. The summed E-state index contributed by atoms with van der Waals surface area (Å²) in [4.78, 5) is 22.9. The molecule has 1 aliphatic rings. The van der Waals surface area contributed by atoms with Crippen LogP contribution in [-0.2, 0) is 9.53 Å².